The van der Waals surface area contributed by atoms with Crippen LogP contribution < -0.4 is 10.5 Å². The van der Waals surface area contributed by atoms with Crippen LogP contribution in [0.2, 0.25) is 5.02 Å². The molecule has 0 saturated carbocycles. The first-order valence-corrected chi connectivity index (χ1v) is 11.3. The third-order valence-corrected chi connectivity index (χ3v) is 6.90. The zero-order valence-corrected chi connectivity index (χ0v) is 19.3. The Morgan fingerprint density at radius 1 is 1.17 bits per heavy atom. The topological polar surface area (TPSA) is 150 Å². The van der Waals surface area contributed by atoms with E-state index in [4.69, 9.17) is 22.1 Å². The lowest BCUT2D eigenvalue weighted by Crippen LogP contribution is -2.42. The van der Waals surface area contributed by atoms with Crippen LogP contribution in [-0.4, -0.2) is 4.92 Å². The van der Waals surface area contributed by atoms with Crippen LogP contribution in [0, 0.1) is 55.4 Å². The van der Waals surface area contributed by atoms with Crippen LogP contribution in [0.5, 0.6) is 5.75 Å². The van der Waals surface area contributed by atoms with Crippen molar-refractivity contribution in [1.82, 2.24) is 0 Å². The number of ether oxygens (including phenoxy) is 1. The quantitative estimate of drug-likeness (QED) is 0.438. The maximum atomic E-state index is 11.9. The van der Waals surface area contributed by atoms with Gasteiger partial charge in [0.25, 0.3) is 0 Å². The Balaban J connectivity index is 1.80. The molecule has 2 N–H and O–H groups in total. The number of nitriles is 3. The zero-order chi connectivity index (χ0) is 25.2. The molecule has 0 fully saturated rings. The minimum Gasteiger partial charge on any atom is -0.482 e. The van der Waals surface area contributed by atoms with Gasteiger partial charge in [-0.1, -0.05) is 35.9 Å². The number of halogens is 1. The molecule has 0 spiro atoms. The summed E-state index contributed by atoms with van der Waals surface area (Å²) in [5, 5.41) is 42.5. The average molecular weight is 486 g/mol. The van der Waals surface area contributed by atoms with Gasteiger partial charge in [0.1, 0.15) is 12.7 Å². The second-order valence-electron chi connectivity index (χ2n) is 8.51. The molecule has 0 unspecified atom stereocenters. The summed E-state index contributed by atoms with van der Waals surface area (Å²) in [6.45, 7) is 0.0951. The Kier molecular flexibility index (Phi) is 6.47. The first-order chi connectivity index (χ1) is 16.9. The van der Waals surface area contributed by atoms with Gasteiger partial charge in [-0.05, 0) is 60.1 Å². The predicted molar refractivity (Wildman–Crippen MR) is 128 cm³/mol. The molecule has 2 atom stereocenters. The van der Waals surface area contributed by atoms with E-state index in [1.165, 1.54) is 12.1 Å². The van der Waals surface area contributed by atoms with Crippen molar-refractivity contribution in [3.05, 3.63) is 91.6 Å². The number of nitro groups is 1. The second kappa shape index (κ2) is 9.50. The molecule has 35 heavy (non-hydrogen) atoms. The van der Waals surface area contributed by atoms with Crippen molar-refractivity contribution in [1.29, 1.82) is 15.8 Å². The molecule has 0 amide bonds. The molecule has 4 rings (SSSR count). The number of benzene rings is 2. The minimum absolute atomic E-state index is 0.0599. The molecule has 2 aromatic rings. The number of nitrogens with two attached hydrogens (primary N) is 1. The van der Waals surface area contributed by atoms with E-state index in [0.717, 1.165) is 18.4 Å². The maximum Gasteiger partial charge on any atom is 0.311 e. The summed E-state index contributed by atoms with van der Waals surface area (Å²) < 4.78 is 5.73. The number of allylic oxidation sites excluding steroid dienone is 4. The number of nitro benzene ring substituents is 1. The fourth-order valence-corrected chi connectivity index (χ4v) is 5.11. The predicted octanol–water partition coefficient (Wildman–Crippen LogP) is 5.42. The molecular formula is C26H20ClN5O3. The number of hydrogen-bond donors (Lipinski definition) is 1. The van der Waals surface area contributed by atoms with Crippen LogP contribution in [0.4, 0.5) is 5.69 Å². The molecule has 174 valence electrons. The summed E-state index contributed by atoms with van der Waals surface area (Å²) in [7, 11) is 0. The van der Waals surface area contributed by atoms with Gasteiger partial charge in [0.15, 0.2) is 11.2 Å². The Morgan fingerprint density at radius 2 is 1.89 bits per heavy atom. The highest BCUT2D eigenvalue weighted by atomic mass is 35.5. The van der Waals surface area contributed by atoms with Crippen molar-refractivity contribution in [2.24, 2.45) is 17.1 Å². The molecular weight excluding hydrogens is 466 g/mol. The lowest BCUT2D eigenvalue weighted by atomic mass is 9.56. The second-order valence-corrected chi connectivity index (χ2v) is 8.94. The molecule has 0 bridgehead atoms. The van der Waals surface area contributed by atoms with E-state index < -0.39 is 16.3 Å². The molecule has 0 heterocycles. The molecule has 2 aromatic carbocycles. The van der Waals surface area contributed by atoms with Gasteiger partial charge in [-0.2, -0.15) is 15.8 Å². The Morgan fingerprint density at radius 3 is 2.51 bits per heavy atom. The van der Waals surface area contributed by atoms with Gasteiger partial charge >= 0.3 is 5.69 Å². The highest BCUT2D eigenvalue weighted by Gasteiger charge is 2.54. The zero-order valence-electron chi connectivity index (χ0n) is 18.6. The molecule has 0 saturated heterocycles. The molecule has 0 aliphatic heterocycles. The lowest BCUT2D eigenvalue weighted by molar-refractivity contribution is -0.386. The first-order valence-electron chi connectivity index (χ1n) is 10.9. The highest BCUT2D eigenvalue weighted by Crippen LogP contribution is 2.56. The fourth-order valence-electron chi connectivity index (χ4n) is 4.98. The van der Waals surface area contributed by atoms with E-state index in [0.29, 0.717) is 22.6 Å². The largest absolute Gasteiger partial charge is 0.482 e. The van der Waals surface area contributed by atoms with Crippen LogP contribution in [0.25, 0.3) is 0 Å². The van der Waals surface area contributed by atoms with Gasteiger partial charge in [-0.15, -0.1) is 0 Å². The first kappa shape index (κ1) is 23.8. The monoisotopic (exact) mass is 485 g/mol. The number of nitrogens with zero attached hydrogens (tertiary/aromatic N) is 4. The third-order valence-electron chi connectivity index (χ3n) is 6.65. The summed E-state index contributed by atoms with van der Waals surface area (Å²) in [5.74, 6) is -1.06. The van der Waals surface area contributed by atoms with E-state index in [1.807, 2.05) is 18.2 Å². The number of fused-ring (bicyclic) bond motifs is 1. The molecule has 9 heteroatoms. The Hall–Kier alpha value is -4.32. The van der Waals surface area contributed by atoms with Crippen molar-refractivity contribution in [3.63, 3.8) is 0 Å². The van der Waals surface area contributed by atoms with Crippen molar-refractivity contribution >= 4 is 17.3 Å². The Bertz CT molecular complexity index is 1360. The van der Waals surface area contributed by atoms with Crippen molar-refractivity contribution < 1.29 is 9.66 Å². The summed E-state index contributed by atoms with van der Waals surface area (Å²) >= 11 is 5.90. The van der Waals surface area contributed by atoms with Gasteiger partial charge in [-0.25, -0.2) is 0 Å². The Labute approximate surface area is 207 Å². The smallest absolute Gasteiger partial charge is 0.311 e. The summed E-state index contributed by atoms with van der Waals surface area (Å²) in [6.07, 6.45) is 4.10. The van der Waals surface area contributed by atoms with E-state index in [-0.39, 0.29) is 35.2 Å². The van der Waals surface area contributed by atoms with Crippen LogP contribution in [0.1, 0.15) is 36.3 Å². The standard InChI is InChI=1S/C26H20ClN5O3/c27-18-8-5-16(6-9-18)13-35-23-10-7-17(11-22(23)32(33)34)24-20-4-2-1-3-19(20)21(12-28)25(31)26(24,14-29)15-30/h3,5-11,20,24H,1-2,4,13,31H2/t20-,24+/m0/s1. The van der Waals surface area contributed by atoms with Crippen molar-refractivity contribution in [2.45, 2.75) is 31.8 Å². The van der Waals surface area contributed by atoms with Gasteiger partial charge in [-0.3, -0.25) is 10.1 Å². The maximum absolute atomic E-state index is 11.9. The number of rotatable bonds is 5. The SMILES string of the molecule is N#CC1=C(N)C(C#N)(C#N)[C@H](c2ccc(OCc3ccc(Cl)cc3)c([N+](=O)[O-])c2)[C@H]2CCCC=C12. The summed E-state index contributed by atoms with van der Waals surface area (Å²) in [6, 6.07) is 17.5. The van der Waals surface area contributed by atoms with Gasteiger partial charge < -0.3 is 10.5 Å². The van der Waals surface area contributed by atoms with E-state index in [9.17, 15) is 25.9 Å². The van der Waals surface area contributed by atoms with Crippen molar-refractivity contribution in [2.75, 3.05) is 0 Å². The van der Waals surface area contributed by atoms with Gasteiger partial charge in [0.05, 0.1) is 28.3 Å². The van der Waals surface area contributed by atoms with E-state index in [2.05, 4.69) is 6.07 Å². The molecule has 8 nitrogen and oxygen atoms in total. The van der Waals surface area contributed by atoms with Gasteiger partial charge in [0.2, 0.25) is 0 Å². The van der Waals surface area contributed by atoms with E-state index >= 15 is 0 Å². The third kappa shape index (κ3) is 4.08. The molecule has 0 aromatic heterocycles. The summed E-state index contributed by atoms with van der Waals surface area (Å²) in [5.41, 5.74) is 6.13. The fraction of sp³-hybridized carbons (Fsp3) is 0.269. The van der Waals surface area contributed by atoms with Gasteiger partial charge in [0, 0.05) is 17.0 Å². The minimum atomic E-state index is -1.83. The van der Waals surface area contributed by atoms with Crippen LogP contribution in [0.3, 0.4) is 0 Å². The summed E-state index contributed by atoms with van der Waals surface area (Å²) in [4.78, 5) is 11.4. The number of hydrogen-bond acceptors (Lipinski definition) is 7. The van der Waals surface area contributed by atoms with Crippen LogP contribution >= 0.6 is 11.6 Å². The highest BCUT2D eigenvalue weighted by molar-refractivity contribution is 6.30. The van der Waals surface area contributed by atoms with Crippen LogP contribution in [0.15, 0.2) is 65.4 Å². The van der Waals surface area contributed by atoms with Crippen molar-refractivity contribution in [3.8, 4) is 24.0 Å². The molecule has 2 aliphatic carbocycles. The lowest BCUT2D eigenvalue weighted by Gasteiger charge is -2.43. The molecule has 0 radical (unpaired) electrons. The van der Waals surface area contributed by atoms with Crippen LogP contribution in [-0.2, 0) is 6.61 Å². The normalized spacial score (nSPS) is 20.5. The average Bonchev–Trinajstić information content (AvgIpc) is 2.88. The van der Waals surface area contributed by atoms with E-state index in [1.54, 1.807) is 30.3 Å². The molecule has 2 aliphatic rings.